The van der Waals surface area contributed by atoms with Gasteiger partial charge in [-0.3, -0.25) is 4.90 Å². The lowest BCUT2D eigenvalue weighted by molar-refractivity contribution is -0.150. The van der Waals surface area contributed by atoms with Gasteiger partial charge in [0.05, 0.1) is 0 Å². The Kier molecular flexibility index (Phi) is 3.39. The highest BCUT2D eigenvalue weighted by atomic mass is 19.1. The van der Waals surface area contributed by atoms with Crippen molar-refractivity contribution >= 4 is 5.97 Å². The summed E-state index contributed by atoms with van der Waals surface area (Å²) in [4.78, 5) is 13.6. The first-order valence-corrected chi connectivity index (χ1v) is 6.21. The standard InChI is InChI=1S/C14H18FNO2/c1-10-5-6-11(9-12(10)15)14(2,13(17)18)16-7-3-4-8-16/h5-6,9H,3-4,7-8H2,1-2H3,(H,17,18). The van der Waals surface area contributed by atoms with Gasteiger partial charge in [0.2, 0.25) is 0 Å². The third-order valence-electron chi connectivity index (χ3n) is 3.89. The van der Waals surface area contributed by atoms with Crippen molar-refractivity contribution in [3.63, 3.8) is 0 Å². The molecule has 0 bridgehead atoms. The molecule has 1 unspecified atom stereocenters. The number of aryl methyl sites for hydroxylation is 1. The molecule has 0 radical (unpaired) electrons. The van der Waals surface area contributed by atoms with Gasteiger partial charge < -0.3 is 5.11 Å². The van der Waals surface area contributed by atoms with Crippen LogP contribution >= 0.6 is 0 Å². The van der Waals surface area contributed by atoms with E-state index in [0.717, 1.165) is 25.9 Å². The van der Waals surface area contributed by atoms with Gasteiger partial charge >= 0.3 is 5.97 Å². The second-order valence-electron chi connectivity index (χ2n) is 5.04. The van der Waals surface area contributed by atoms with Crippen molar-refractivity contribution in [1.29, 1.82) is 0 Å². The molecule has 0 spiro atoms. The lowest BCUT2D eigenvalue weighted by atomic mass is 9.89. The first-order chi connectivity index (χ1) is 8.46. The zero-order valence-corrected chi connectivity index (χ0v) is 10.7. The van der Waals surface area contributed by atoms with Crippen LogP contribution in [0.3, 0.4) is 0 Å². The molecule has 1 fully saturated rings. The number of hydrogen-bond acceptors (Lipinski definition) is 2. The highest BCUT2D eigenvalue weighted by Crippen LogP contribution is 2.32. The van der Waals surface area contributed by atoms with Crippen LogP contribution in [0.4, 0.5) is 4.39 Å². The van der Waals surface area contributed by atoms with Crippen LogP contribution < -0.4 is 0 Å². The molecule has 0 aliphatic carbocycles. The van der Waals surface area contributed by atoms with Gasteiger partial charge in [-0.05, 0) is 57.0 Å². The largest absolute Gasteiger partial charge is 0.480 e. The molecule has 1 N–H and O–H groups in total. The normalized spacial score (nSPS) is 19.7. The van der Waals surface area contributed by atoms with E-state index >= 15 is 0 Å². The van der Waals surface area contributed by atoms with E-state index in [-0.39, 0.29) is 5.82 Å². The van der Waals surface area contributed by atoms with Crippen LogP contribution in [0.2, 0.25) is 0 Å². The number of hydrogen-bond donors (Lipinski definition) is 1. The summed E-state index contributed by atoms with van der Waals surface area (Å²) in [5.41, 5.74) is -0.0849. The van der Waals surface area contributed by atoms with E-state index in [1.807, 2.05) is 4.90 Å². The summed E-state index contributed by atoms with van der Waals surface area (Å²) in [5, 5.41) is 9.54. The third kappa shape index (κ3) is 2.01. The molecule has 1 aliphatic rings. The molecule has 4 heteroatoms. The number of rotatable bonds is 3. The molecule has 3 nitrogen and oxygen atoms in total. The molecular formula is C14H18FNO2. The van der Waals surface area contributed by atoms with Gasteiger partial charge in [-0.25, -0.2) is 9.18 Å². The second-order valence-corrected chi connectivity index (χ2v) is 5.04. The van der Waals surface area contributed by atoms with Crippen LogP contribution in [-0.2, 0) is 10.3 Å². The monoisotopic (exact) mass is 251 g/mol. The van der Waals surface area contributed by atoms with E-state index in [4.69, 9.17) is 0 Å². The summed E-state index contributed by atoms with van der Waals surface area (Å²) in [6.45, 7) is 4.83. The number of carboxylic acids is 1. The minimum absolute atomic E-state index is 0.348. The van der Waals surface area contributed by atoms with Crippen LogP contribution in [0, 0.1) is 12.7 Å². The van der Waals surface area contributed by atoms with Crippen molar-refractivity contribution in [2.75, 3.05) is 13.1 Å². The lowest BCUT2D eigenvalue weighted by Gasteiger charge is -2.35. The molecule has 0 amide bonds. The Morgan fingerprint density at radius 2 is 2.00 bits per heavy atom. The van der Waals surface area contributed by atoms with Gasteiger partial charge in [-0.15, -0.1) is 0 Å². The van der Waals surface area contributed by atoms with E-state index in [0.29, 0.717) is 11.1 Å². The molecule has 1 saturated heterocycles. The number of carboxylic acid groups (broad SMARTS) is 1. The van der Waals surface area contributed by atoms with E-state index in [1.165, 1.54) is 6.07 Å². The van der Waals surface area contributed by atoms with Crippen molar-refractivity contribution in [1.82, 2.24) is 4.90 Å². The van der Waals surface area contributed by atoms with E-state index in [1.54, 1.807) is 26.0 Å². The predicted molar refractivity (Wildman–Crippen MR) is 66.9 cm³/mol. The zero-order chi connectivity index (χ0) is 13.3. The molecular weight excluding hydrogens is 233 g/mol. The SMILES string of the molecule is Cc1ccc(C(C)(C(=O)O)N2CCCC2)cc1F. The summed E-state index contributed by atoms with van der Waals surface area (Å²) >= 11 is 0. The smallest absolute Gasteiger partial charge is 0.328 e. The quantitative estimate of drug-likeness (QED) is 0.897. The third-order valence-corrected chi connectivity index (χ3v) is 3.89. The summed E-state index contributed by atoms with van der Waals surface area (Å²) in [6, 6.07) is 4.70. The first-order valence-electron chi connectivity index (χ1n) is 6.21. The Hall–Kier alpha value is -1.42. The van der Waals surface area contributed by atoms with Crippen LogP contribution in [-0.4, -0.2) is 29.1 Å². The predicted octanol–water partition coefficient (Wildman–Crippen LogP) is 2.53. The highest BCUT2D eigenvalue weighted by molar-refractivity contribution is 5.80. The molecule has 18 heavy (non-hydrogen) atoms. The van der Waals surface area contributed by atoms with Gasteiger partial charge in [-0.2, -0.15) is 0 Å². The Labute approximate surface area is 106 Å². The Morgan fingerprint density at radius 1 is 1.39 bits per heavy atom. The minimum Gasteiger partial charge on any atom is -0.480 e. The maximum Gasteiger partial charge on any atom is 0.328 e. The molecule has 1 aromatic carbocycles. The Balaban J connectivity index is 2.46. The zero-order valence-electron chi connectivity index (χ0n) is 10.7. The van der Waals surface area contributed by atoms with E-state index in [2.05, 4.69) is 0 Å². The first kappa shape index (κ1) is 13.0. The summed E-state index contributed by atoms with van der Waals surface area (Å²) in [7, 11) is 0. The molecule has 1 aromatic rings. The number of nitrogens with zero attached hydrogens (tertiary/aromatic N) is 1. The molecule has 0 aromatic heterocycles. The van der Waals surface area contributed by atoms with Crippen LogP contribution in [0.1, 0.15) is 30.9 Å². The van der Waals surface area contributed by atoms with Gasteiger partial charge in [-0.1, -0.05) is 12.1 Å². The van der Waals surface area contributed by atoms with Gasteiger partial charge in [0.25, 0.3) is 0 Å². The molecule has 1 aliphatic heterocycles. The van der Waals surface area contributed by atoms with Gasteiger partial charge in [0.15, 0.2) is 0 Å². The van der Waals surface area contributed by atoms with Gasteiger partial charge in [0.1, 0.15) is 11.4 Å². The average molecular weight is 251 g/mol. The molecule has 98 valence electrons. The molecule has 1 heterocycles. The number of benzene rings is 1. The molecule has 2 rings (SSSR count). The number of halogens is 1. The second kappa shape index (κ2) is 4.69. The number of carbonyl (C=O) groups is 1. The van der Waals surface area contributed by atoms with Crippen molar-refractivity contribution in [3.05, 3.63) is 35.1 Å². The topological polar surface area (TPSA) is 40.5 Å². The van der Waals surface area contributed by atoms with Crippen LogP contribution in [0.5, 0.6) is 0 Å². The fourth-order valence-corrected chi connectivity index (χ4v) is 2.50. The maximum atomic E-state index is 13.6. The molecule has 0 saturated carbocycles. The van der Waals surface area contributed by atoms with Crippen LogP contribution in [0.15, 0.2) is 18.2 Å². The fraction of sp³-hybridized carbons (Fsp3) is 0.500. The summed E-state index contributed by atoms with van der Waals surface area (Å²) in [6.07, 6.45) is 1.99. The van der Waals surface area contributed by atoms with Crippen LogP contribution in [0.25, 0.3) is 0 Å². The number of likely N-dealkylation sites (tertiary alicyclic amines) is 1. The lowest BCUT2D eigenvalue weighted by Crippen LogP contribution is -2.48. The summed E-state index contributed by atoms with van der Waals surface area (Å²) in [5.74, 6) is -1.27. The van der Waals surface area contributed by atoms with E-state index in [9.17, 15) is 14.3 Å². The van der Waals surface area contributed by atoms with Crippen molar-refractivity contribution < 1.29 is 14.3 Å². The van der Waals surface area contributed by atoms with Crippen molar-refractivity contribution in [3.8, 4) is 0 Å². The van der Waals surface area contributed by atoms with Crippen molar-refractivity contribution in [2.24, 2.45) is 0 Å². The average Bonchev–Trinajstić information content (AvgIpc) is 2.85. The Morgan fingerprint density at radius 3 is 2.50 bits per heavy atom. The summed E-state index contributed by atoms with van der Waals surface area (Å²) < 4.78 is 13.6. The van der Waals surface area contributed by atoms with Gasteiger partial charge in [0, 0.05) is 0 Å². The maximum absolute atomic E-state index is 13.6. The molecule has 1 atom stereocenters. The van der Waals surface area contributed by atoms with E-state index < -0.39 is 11.5 Å². The van der Waals surface area contributed by atoms with Crippen molar-refractivity contribution in [2.45, 2.75) is 32.2 Å². The fourth-order valence-electron chi connectivity index (χ4n) is 2.50. The number of aliphatic carboxylic acids is 1. The minimum atomic E-state index is -1.13. The Bertz CT molecular complexity index is 469. The highest BCUT2D eigenvalue weighted by Gasteiger charge is 2.42.